The van der Waals surface area contributed by atoms with Crippen LogP contribution in [0.3, 0.4) is 0 Å². The molecule has 0 spiro atoms. The van der Waals surface area contributed by atoms with Crippen LogP contribution < -0.4 is 4.74 Å². The van der Waals surface area contributed by atoms with Gasteiger partial charge in [0.1, 0.15) is 12.5 Å². The number of carbonyl (C=O) groups excluding carboxylic acids is 1. The highest BCUT2D eigenvalue weighted by Crippen LogP contribution is 2.42. The molecule has 1 unspecified atom stereocenters. The summed E-state index contributed by atoms with van der Waals surface area (Å²) >= 11 is 1.59. The fourth-order valence-electron chi connectivity index (χ4n) is 4.41. The van der Waals surface area contributed by atoms with Gasteiger partial charge in [-0.3, -0.25) is 4.79 Å². The Balaban J connectivity index is 2.03. The van der Waals surface area contributed by atoms with Crippen molar-refractivity contribution in [2.24, 2.45) is 0 Å². The number of methoxy groups -OCH3 is 2. The van der Waals surface area contributed by atoms with Crippen LogP contribution in [0.1, 0.15) is 70.6 Å². The minimum atomic E-state index is -0.371. The Morgan fingerprint density at radius 2 is 1.86 bits per heavy atom. The molecular weight excluding hydrogens is 478 g/mol. The third-order valence-electron chi connectivity index (χ3n) is 6.44. The van der Waals surface area contributed by atoms with Crippen LogP contribution in [0.15, 0.2) is 17.0 Å². The molecule has 202 valence electrons. The molecule has 0 saturated carbocycles. The normalized spacial score (nSPS) is 20.8. The van der Waals surface area contributed by atoms with Gasteiger partial charge in [-0.05, 0) is 48.4 Å². The van der Waals surface area contributed by atoms with Crippen molar-refractivity contribution < 1.29 is 28.5 Å². The van der Waals surface area contributed by atoms with Gasteiger partial charge in [0.2, 0.25) is 0 Å². The quantitative estimate of drug-likeness (QED) is 0.305. The fraction of sp³-hybridized carbons (Fsp3) is 0.679. The summed E-state index contributed by atoms with van der Waals surface area (Å²) in [6.07, 6.45) is 4.95. The second-order valence-corrected chi connectivity index (χ2v) is 12.2. The van der Waals surface area contributed by atoms with Crippen molar-refractivity contribution in [1.82, 2.24) is 4.90 Å². The first-order valence-corrected chi connectivity index (χ1v) is 13.7. The Morgan fingerprint density at radius 1 is 1.11 bits per heavy atom. The molecule has 1 atom stereocenters. The Labute approximate surface area is 220 Å². The van der Waals surface area contributed by atoms with Crippen LogP contribution in [0, 0.1) is 0 Å². The van der Waals surface area contributed by atoms with E-state index in [0.717, 1.165) is 59.0 Å². The zero-order valence-corrected chi connectivity index (χ0v) is 23.8. The zero-order valence-electron chi connectivity index (χ0n) is 23.0. The maximum Gasteiger partial charge on any atom is 0.262 e. The molecule has 0 aliphatic carbocycles. The van der Waals surface area contributed by atoms with E-state index in [1.54, 1.807) is 30.9 Å². The van der Waals surface area contributed by atoms with Gasteiger partial charge in [-0.2, -0.15) is 0 Å². The van der Waals surface area contributed by atoms with Crippen molar-refractivity contribution in [2.75, 3.05) is 53.3 Å². The van der Waals surface area contributed by atoms with Gasteiger partial charge in [0, 0.05) is 49.7 Å². The highest BCUT2D eigenvalue weighted by molar-refractivity contribution is 8.04. The largest absolute Gasteiger partial charge is 0.467 e. The number of rotatable bonds is 10. The van der Waals surface area contributed by atoms with Crippen LogP contribution in [0.4, 0.5) is 0 Å². The van der Waals surface area contributed by atoms with E-state index in [1.807, 2.05) is 6.08 Å². The number of carbonyl (C=O) groups is 1. The van der Waals surface area contributed by atoms with Crippen LogP contribution in [0.25, 0.3) is 6.08 Å². The lowest BCUT2D eigenvalue weighted by Crippen LogP contribution is -2.38. The summed E-state index contributed by atoms with van der Waals surface area (Å²) < 4.78 is 28.8. The molecule has 8 heteroatoms. The molecule has 2 aliphatic rings. The monoisotopic (exact) mass is 521 g/mol. The van der Waals surface area contributed by atoms with Crippen molar-refractivity contribution >= 4 is 23.7 Å². The highest BCUT2D eigenvalue weighted by atomic mass is 32.2. The number of thioether (sulfide) groups is 1. The lowest BCUT2D eigenvalue weighted by atomic mass is 9.77. The van der Waals surface area contributed by atoms with Crippen molar-refractivity contribution in [3.05, 3.63) is 33.7 Å². The number of benzene rings is 1. The Kier molecular flexibility index (Phi) is 10.3. The van der Waals surface area contributed by atoms with Crippen molar-refractivity contribution in [3.63, 3.8) is 0 Å². The number of amides is 1. The summed E-state index contributed by atoms with van der Waals surface area (Å²) in [5.74, 6) is 1.66. The first-order chi connectivity index (χ1) is 17.1. The van der Waals surface area contributed by atoms with Gasteiger partial charge in [0.25, 0.3) is 5.91 Å². The van der Waals surface area contributed by atoms with Gasteiger partial charge in [0.15, 0.2) is 13.1 Å². The number of hydrogen-bond donors (Lipinski definition) is 0. The van der Waals surface area contributed by atoms with Crippen LogP contribution in [-0.2, 0) is 34.6 Å². The zero-order chi connectivity index (χ0) is 26.3. The molecule has 1 amide bonds. The molecule has 0 bridgehead atoms. The minimum Gasteiger partial charge on any atom is -0.467 e. The topological polar surface area (TPSA) is 66.5 Å². The van der Waals surface area contributed by atoms with Crippen LogP contribution >= 0.6 is 11.8 Å². The second kappa shape index (κ2) is 12.8. The van der Waals surface area contributed by atoms with Crippen LogP contribution in [-0.4, -0.2) is 70.4 Å². The molecule has 1 aromatic carbocycles. The predicted octanol–water partition coefficient (Wildman–Crippen LogP) is 5.31. The maximum atomic E-state index is 13.1. The highest BCUT2D eigenvalue weighted by Gasteiger charge is 2.32. The average molecular weight is 522 g/mol. The molecule has 0 N–H and O–H groups in total. The van der Waals surface area contributed by atoms with E-state index < -0.39 is 0 Å². The molecule has 2 fully saturated rings. The van der Waals surface area contributed by atoms with E-state index in [0.29, 0.717) is 19.9 Å². The van der Waals surface area contributed by atoms with E-state index in [-0.39, 0.29) is 29.8 Å². The van der Waals surface area contributed by atoms with Crippen LogP contribution in [0.2, 0.25) is 0 Å². The molecule has 1 aromatic rings. The Morgan fingerprint density at radius 3 is 2.50 bits per heavy atom. The smallest absolute Gasteiger partial charge is 0.262 e. The molecule has 0 radical (unpaired) electrons. The summed E-state index contributed by atoms with van der Waals surface area (Å²) in [7, 11) is 3.24. The maximum absolute atomic E-state index is 13.1. The summed E-state index contributed by atoms with van der Waals surface area (Å²) in [4.78, 5) is 15.5. The predicted molar refractivity (Wildman–Crippen MR) is 144 cm³/mol. The van der Waals surface area contributed by atoms with Crippen molar-refractivity contribution in [3.8, 4) is 5.75 Å². The van der Waals surface area contributed by atoms with Gasteiger partial charge in [0.05, 0.1) is 11.5 Å². The summed E-state index contributed by atoms with van der Waals surface area (Å²) in [6, 6.07) is 4.26. The Hall–Kier alpha value is -1.58. The number of hydrogen-bond acceptors (Lipinski definition) is 7. The number of nitrogens with zero attached hydrogens (tertiary/aromatic N) is 1. The minimum absolute atomic E-state index is 0.00343. The summed E-state index contributed by atoms with van der Waals surface area (Å²) in [6.45, 7) is 13.2. The van der Waals surface area contributed by atoms with E-state index in [9.17, 15) is 4.79 Å². The van der Waals surface area contributed by atoms with Crippen molar-refractivity contribution in [1.29, 1.82) is 0 Å². The summed E-state index contributed by atoms with van der Waals surface area (Å²) in [5.41, 5.74) is 2.49. The number of ether oxygens (including phenoxy) is 5. The molecule has 0 aromatic heterocycles. The molecule has 2 aliphatic heterocycles. The average Bonchev–Trinajstić information content (AvgIpc) is 2.84. The molecule has 2 saturated heterocycles. The Bertz CT molecular complexity index is 915. The van der Waals surface area contributed by atoms with Gasteiger partial charge < -0.3 is 28.6 Å². The van der Waals surface area contributed by atoms with E-state index >= 15 is 0 Å². The van der Waals surface area contributed by atoms with E-state index in [4.69, 9.17) is 23.7 Å². The van der Waals surface area contributed by atoms with Gasteiger partial charge in [-0.15, -0.1) is 11.8 Å². The summed E-state index contributed by atoms with van der Waals surface area (Å²) in [5, 5.41) is 0. The lowest BCUT2D eigenvalue weighted by Gasteiger charge is -2.34. The van der Waals surface area contributed by atoms with Gasteiger partial charge in [-0.1, -0.05) is 34.6 Å². The fourth-order valence-corrected chi connectivity index (χ4v) is 5.41. The molecule has 3 rings (SSSR count). The lowest BCUT2D eigenvalue weighted by molar-refractivity contribution is -0.170. The van der Waals surface area contributed by atoms with Crippen molar-refractivity contribution in [2.45, 2.75) is 71.0 Å². The third kappa shape index (κ3) is 7.48. The molecule has 36 heavy (non-hydrogen) atoms. The first kappa shape index (κ1) is 29.0. The van der Waals surface area contributed by atoms with Crippen LogP contribution in [0.5, 0.6) is 5.75 Å². The standard InChI is InChI=1S/C28H43NO6S/c1-27(2,3)21-14-20(16-23-26(30)29(18-31-6)11-13-36-23)15-22(25(21)35-19-32-7)28(4,5)17-34-24-10-8-9-12-33-24/h14-16,24H,8-13,17-19H2,1-7H3. The SMILES string of the molecule is COCOc1c(C(C)(C)C)cc(C=C2SCCN(COC)C2=O)cc1C(C)(C)COC1CCCCO1. The van der Waals surface area contributed by atoms with E-state index in [2.05, 4.69) is 46.8 Å². The third-order valence-corrected chi connectivity index (χ3v) is 7.43. The van der Waals surface area contributed by atoms with Gasteiger partial charge in [-0.25, -0.2) is 0 Å². The van der Waals surface area contributed by atoms with Gasteiger partial charge >= 0.3 is 0 Å². The van der Waals surface area contributed by atoms with E-state index in [1.165, 1.54) is 0 Å². The molecular formula is C28H43NO6S. The second-order valence-electron chi connectivity index (χ2n) is 11.1. The molecule has 7 nitrogen and oxygen atoms in total. The first-order valence-electron chi connectivity index (χ1n) is 12.7. The molecule has 2 heterocycles.